The molecule has 0 aliphatic rings. The Morgan fingerprint density at radius 3 is 2.77 bits per heavy atom. The maximum Gasteiger partial charge on any atom is 0.333 e. The van der Waals surface area contributed by atoms with E-state index in [9.17, 15) is 10.1 Å². The van der Waals surface area contributed by atoms with Crippen molar-refractivity contribution in [1.29, 1.82) is 0 Å². The van der Waals surface area contributed by atoms with Crippen LogP contribution >= 0.6 is 0 Å². The molecule has 9 nitrogen and oxygen atoms in total. The molecule has 0 radical (unpaired) electrons. The summed E-state index contributed by atoms with van der Waals surface area (Å²) < 4.78 is 6.67. The standard InChI is InChI=1S/C13H18N6O3/c1-5-10-14-6-7-18(10)12-11(19(20)21)9(2)15-13(16-12)17(3)8-22-4/h6-7H,5,8H2,1-4H3. The van der Waals surface area contributed by atoms with Gasteiger partial charge in [-0.15, -0.1) is 0 Å². The van der Waals surface area contributed by atoms with Gasteiger partial charge in [0, 0.05) is 33.0 Å². The lowest BCUT2D eigenvalue weighted by Gasteiger charge is -2.17. The SMILES string of the molecule is CCc1nccn1-c1nc(N(C)COC)nc(C)c1[N+](=O)[O-]. The Morgan fingerprint density at radius 1 is 1.45 bits per heavy atom. The quantitative estimate of drug-likeness (QED) is 0.452. The number of nitrogens with zero attached hydrogens (tertiary/aromatic N) is 6. The number of rotatable bonds is 6. The molecule has 0 aliphatic heterocycles. The Labute approximate surface area is 127 Å². The van der Waals surface area contributed by atoms with Gasteiger partial charge in [-0.2, -0.15) is 4.98 Å². The van der Waals surface area contributed by atoms with Crippen molar-refractivity contribution in [2.45, 2.75) is 20.3 Å². The Kier molecular flexibility index (Phi) is 4.66. The first-order valence-corrected chi connectivity index (χ1v) is 6.75. The van der Waals surface area contributed by atoms with Crippen LogP contribution in [0, 0.1) is 17.0 Å². The van der Waals surface area contributed by atoms with Crippen LogP contribution in [0.2, 0.25) is 0 Å². The van der Waals surface area contributed by atoms with E-state index in [1.165, 1.54) is 0 Å². The summed E-state index contributed by atoms with van der Waals surface area (Å²) in [5.41, 5.74) is 0.172. The van der Waals surface area contributed by atoms with E-state index in [0.717, 1.165) is 0 Å². The molecular weight excluding hydrogens is 288 g/mol. The van der Waals surface area contributed by atoms with Crippen molar-refractivity contribution in [3.8, 4) is 5.82 Å². The van der Waals surface area contributed by atoms with E-state index in [4.69, 9.17) is 4.74 Å². The Hall–Kier alpha value is -2.55. The second-order valence-electron chi connectivity index (χ2n) is 4.72. The van der Waals surface area contributed by atoms with Gasteiger partial charge in [0.25, 0.3) is 0 Å². The average molecular weight is 306 g/mol. The van der Waals surface area contributed by atoms with Crippen LogP contribution in [-0.2, 0) is 11.2 Å². The smallest absolute Gasteiger partial charge is 0.333 e. The Bertz CT molecular complexity index is 684. The van der Waals surface area contributed by atoms with Crippen molar-refractivity contribution in [2.75, 3.05) is 25.8 Å². The van der Waals surface area contributed by atoms with Crippen LogP contribution in [0.5, 0.6) is 0 Å². The molecule has 0 bridgehead atoms. The largest absolute Gasteiger partial charge is 0.364 e. The van der Waals surface area contributed by atoms with Crippen LogP contribution in [-0.4, -0.2) is 45.3 Å². The maximum atomic E-state index is 11.4. The molecule has 0 amide bonds. The molecule has 0 saturated carbocycles. The third kappa shape index (κ3) is 2.89. The number of hydrogen-bond acceptors (Lipinski definition) is 7. The lowest BCUT2D eigenvalue weighted by molar-refractivity contribution is -0.385. The zero-order chi connectivity index (χ0) is 16.3. The van der Waals surface area contributed by atoms with Crippen LogP contribution in [0.3, 0.4) is 0 Å². The van der Waals surface area contributed by atoms with E-state index in [2.05, 4.69) is 15.0 Å². The number of ether oxygens (including phenoxy) is 1. The molecule has 22 heavy (non-hydrogen) atoms. The van der Waals surface area contributed by atoms with Crippen molar-refractivity contribution in [3.63, 3.8) is 0 Å². The van der Waals surface area contributed by atoms with Crippen LogP contribution in [0.4, 0.5) is 11.6 Å². The molecule has 2 heterocycles. The highest BCUT2D eigenvalue weighted by atomic mass is 16.6. The van der Waals surface area contributed by atoms with Crippen molar-refractivity contribution in [3.05, 3.63) is 34.0 Å². The van der Waals surface area contributed by atoms with Crippen molar-refractivity contribution < 1.29 is 9.66 Å². The maximum absolute atomic E-state index is 11.4. The van der Waals surface area contributed by atoms with E-state index < -0.39 is 4.92 Å². The topological polar surface area (TPSA) is 99.2 Å². The molecule has 0 aliphatic carbocycles. The average Bonchev–Trinajstić information content (AvgIpc) is 2.94. The predicted octanol–water partition coefficient (Wildman–Crippen LogP) is 1.48. The summed E-state index contributed by atoms with van der Waals surface area (Å²) in [4.78, 5) is 25.3. The molecule has 0 N–H and O–H groups in total. The van der Waals surface area contributed by atoms with E-state index >= 15 is 0 Å². The van der Waals surface area contributed by atoms with E-state index in [1.807, 2.05) is 6.92 Å². The van der Waals surface area contributed by atoms with Crippen LogP contribution in [0.15, 0.2) is 12.4 Å². The summed E-state index contributed by atoms with van der Waals surface area (Å²) >= 11 is 0. The van der Waals surface area contributed by atoms with Gasteiger partial charge in [-0.3, -0.25) is 14.7 Å². The summed E-state index contributed by atoms with van der Waals surface area (Å²) in [5, 5.41) is 11.4. The van der Waals surface area contributed by atoms with E-state index in [-0.39, 0.29) is 18.2 Å². The molecule has 0 spiro atoms. The lowest BCUT2D eigenvalue weighted by Crippen LogP contribution is -2.23. The molecule has 0 fully saturated rings. The van der Waals surface area contributed by atoms with E-state index in [1.54, 1.807) is 42.9 Å². The first-order chi connectivity index (χ1) is 10.5. The second kappa shape index (κ2) is 6.48. The van der Waals surface area contributed by atoms with Gasteiger partial charge in [-0.1, -0.05) is 6.92 Å². The highest BCUT2D eigenvalue weighted by molar-refractivity contribution is 5.54. The van der Waals surface area contributed by atoms with Gasteiger partial charge in [0.05, 0.1) is 4.92 Å². The van der Waals surface area contributed by atoms with Gasteiger partial charge in [0.1, 0.15) is 18.2 Å². The number of nitro groups is 1. The molecule has 118 valence electrons. The Balaban J connectivity index is 2.65. The first kappa shape index (κ1) is 15.8. The minimum atomic E-state index is -0.468. The minimum absolute atomic E-state index is 0.123. The summed E-state index contributed by atoms with van der Waals surface area (Å²) in [6.45, 7) is 3.80. The number of anilines is 1. The van der Waals surface area contributed by atoms with Gasteiger partial charge in [-0.25, -0.2) is 9.97 Å². The zero-order valence-electron chi connectivity index (χ0n) is 13.0. The third-order valence-corrected chi connectivity index (χ3v) is 3.14. The normalized spacial score (nSPS) is 10.7. The molecule has 0 unspecified atom stereocenters. The van der Waals surface area contributed by atoms with Gasteiger partial charge in [0.15, 0.2) is 0 Å². The predicted molar refractivity (Wildman–Crippen MR) is 80.2 cm³/mol. The number of aryl methyl sites for hydroxylation is 2. The fraction of sp³-hybridized carbons (Fsp3) is 0.462. The first-order valence-electron chi connectivity index (χ1n) is 6.75. The minimum Gasteiger partial charge on any atom is -0.364 e. The number of methoxy groups -OCH3 is 1. The molecule has 0 saturated heterocycles. The van der Waals surface area contributed by atoms with Crippen molar-refractivity contribution in [2.24, 2.45) is 0 Å². The van der Waals surface area contributed by atoms with Gasteiger partial charge in [-0.05, 0) is 6.92 Å². The van der Waals surface area contributed by atoms with Crippen molar-refractivity contribution in [1.82, 2.24) is 19.5 Å². The summed E-state index contributed by atoms with van der Waals surface area (Å²) in [7, 11) is 3.31. The zero-order valence-corrected chi connectivity index (χ0v) is 13.0. The van der Waals surface area contributed by atoms with Crippen LogP contribution < -0.4 is 4.90 Å². The summed E-state index contributed by atoms with van der Waals surface area (Å²) in [6, 6.07) is 0. The van der Waals surface area contributed by atoms with Crippen LogP contribution in [0.25, 0.3) is 5.82 Å². The van der Waals surface area contributed by atoms with E-state index in [0.29, 0.717) is 23.9 Å². The number of imidazole rings is 1. The van der Waals surface area contributed by atoms with Crippen LogP contribution in [0.1, 0.15) is 18.4 Å². The monoisotopic (exact) mass is 306 g/mol. The molecular formula is C13H18N6O3. The fourth-order valence-electron chi connectivity index (χ4n) is 2.13. The molecule has 2 aromatic rings. The number of hydrogen-bond donors (Lipinski definition) is 0. The molecule has 2 rings (SSSR count). The highest BCUT2D eigenvalue weighted by Gasteiger charge is 2.25. The highest BCUT2D eigenvalue weighted by Crippen LogP contribution is 2.27. The fourth-order valence-corrected chi connectivity index (χ4v) is 2.13. The molecule has 2 aromatic heterocycles. The van der Waals surface area contributed by atoms with Crippen molar-refractivity contribution >= 4 is 11.6 Å². The summed E-state index contributed by atoms with van der Waals surface area (Å²) in [5.74, 6) is 1.27. The van der Waals surface area contributed by atoms with Gasteiger partial charge >= 0.3 is 5.69 Å². The molecule has 9 heteroatoms. The second-order valence-corrected chi connectivity index (χ2v) is 4.72. The molecule has 0 aromatic carbocycles. The third-order valence-electron chi connectivity index (χ3n) is 3.14. The Morgan fingerprint density at radius 2 is 2.18 bits per heavy atom. The lowest BCUT2D eigenvalue weighted by atomic mass is 10.3. The van der Waals surface area contributed by atoms with Gasteiger partial charge < -0.3 is 9.64 Å². The van der Waals surface area contributed by atoms with Gasteiger partial charge in [0.2, 0.25) is 11.8 Å². The molecule has 0 atom stereocenters. The number of aromatic nitrogens is 4. The summed E-state index contributed by atoms with van der Waals surface area (Å²) in [6.07, 6.45) is 3.89.